The highest BCUT2D eigenvalue weighted by Gasteiger charge is 2.34. The fourth-order valence-corrected chi connectivity index (χ4v) is 4.63. The molecule has 0 amide bonds. The molecule has 16 heavy (non-hydrogen) atoms. The summed E-state index contributed by atoms with van der Waals surface area (Å²) in [7, 11) is -3.08. The lowest BCUT2D eigenvalue weighted by atomic mass is 10.1. The standard InChI is InChI=1S/C11H6O3S2/c12-11-9-5-7-3-1-2-4-8(7)6-10(9)16(13,14)15-11/h1-6H. The predicted molar refractivity (Wildman–Crippen MR) is 63.1 cm³/mol. The van der Waals surface area contributed by atoms with Crippen LogP contribution in [0.4, 0.5) is 0 Å². The van der Waals surface area contributed by atoms with Crippen LogP contribution in [0.3, 0.4) is 0 Å². The second kappa shape index (κ2) is 3.09. The van der Waals surface area contributed by atoms with Gasteiger partial charge >= 0.3 is 0 Å². The molecular weight excluding hydrogens is 244 g/mol. The van der Waals surface area contributed by atoms with Gasteiger partial charge in [0.1, 0.15) is 0 Å². The van der Waals surface area contributed by atoms with E-state index in [1.54, 1.807) is 12.1 Å². The summed E-state index contributed by atoms with van der Waals surface area (Å²) in [6.07, 6.45) is 0. The maximum absolute atomic E-state index is 11.6. The summed E-state index contributed by atoms with van der Waals surface area (Å²) in [5, 5.41) is 1.33. The Morgan fingerprint density at radius 3 is 2.31 bits per heavy atom. The molecular formula is C11H6O3S2. The minimum Gasteiger partial charge on any atom is -0.280 e. The Morgan fingerprint density at radius 2 is 1.62 bits per heavy atom. The van der Waals surface area contributed by atoms with Crippen LogP contribution >= 0.6 is 10.8 Å². The molecule has 0 bridgehead atoms. The van der Waals surface area contributed by atoms with Gasteiger partial charge in [-0.3, -0.25) is 4.79 Å². The zero-order valence-corrected chi connectivity index (χ0v) is 9.64. The van der Waals surface area contributed by atoms with Gasteiger partial charge in [-0.15, -0.1) is 0 Å². The van der Waals surface area contributed by atoms with Crippen molar-refractivity contribution in [3.05, 3.63) is 42.0 Å². The van der Waals surface area contributed by atoms with Crippen LogP contribution in [0.2, 0.25) is 0 Å². The third-order valence-electron chi connectivity index (χ3n) is 2.52. The fraction of sp³-hybridized carbons (Fsp3) is 0. The van der Waals surface area contributed by atoms with Gasteiger partial charge in [0.15, 0.2) is 0 Å². The second-order valence-corrected chi connectivity index (χ2v) is 7.22. The van der Waals surface area contributed by atoms with Crippen LogP contribution in [0.15, 0.2) is 41.3 Å². The SMILES string of the molecule is O=C1SS(=O)(=O)c2cc3ccccc3cc21. The van der Waals surface area contributed by atoms with Gasteiger partial charge in [-0.2, -0.15) is 0 Å². The van der Waals surface area contributed by atoms with Crippen molar-refractivity contribution in [2.45, 2.75) is 4.90 Å². The molecule has 0 spiro atoms. The molecule has 0 aliphatic carbocycles. The van der Waals surface area contributed by atoms with Crippen molar-refractivity contribution in [2.24, 2.45) is 0 Å². The van der Waals surface area contributed by atoms with E-state index in [1.807, 2.05) is 24.3 Å². The third kappa shape index (κ3) is 1.28. The summed E-state index contributed by atoms with van der Waals surface area (Å²) in [6, 6.07) is 10.6. The molecule has 1 heterocycles. The van der Waals surface area contributed by atoms with Gasteiger partial charge in [0.2, 0.25) is 14.0 Å². The molecule has 0 unspecified atom stereocenters. The number of carbonyl (C=O) groups is 1. The number of benzene rings is 2. The van der Waals surface area contributed by atoms with Gasteiger partial charge < -0.3 is 0 Å². The molecule has 5 heteroatoms. The molecule has 3 rings (SSSR count). The van der Waals surface area contributed by atoms with Crippen LogP contribution < -0.4 is 0 Å². The number of carbonyl (C=O) groups excluding carboxylic acids is 1. The lowest BCUT2D eigenvalue weighted by molar-refractivity contribution is 0.108. The minimum atomic E-state index is -3.48. The van der Waals surface area contributed by atoms with Gasteiger partial charge in [-0.1, -0.05) is 24.3 Å². The van der Waals surface area contributed by atoms with Crippen molar-refractivity contribution in [3.63, 3.8) is 0 Å². The maximum Gasteiger partial charge on any atom is 0.238 e. The molecule has 2 aromatic rings. The van der Waals surface area contributed by atoms with E-state index in [0.717, 1.165) is 10.8 Å². The van der Waals surface area contributed by atoms with E-state index in [1.165, 1.54) is 0 Å². The van der Waals surface area contributed by atoms with Crippen LogP contribution in [-0.2, 0) is 8.87 Å². The summed E-state index contributed by atoms with van der Waals surface area (Å²) >= 11 is 0. The maximum atomic E-state index is 11.6. The van der Waals surface area contributed by atoms with E-state index >= 15 is 0 Å². The van der Waals surface area contributed by atoms with Crippen LogP contribution in [0.1, 0.15) is 10.4 Å². The number of fused-ring (bicyclic) bond motifs is 2. The fourth-order valence-electron chi connectivity index (χ4n) is 1.78. The second-order valence-electron chi connectivity index (χ2n) is 3.52. The highest BCUT2D eigenvalue weighted by atomic mass is 33.1. The molecule has 0 atom stereocenters. The van der Waals surface area contributed by atoms with Crippen molar-refractivity contribution < 1.29 is 13.2 Å². The highest BCUT2D eigenvalue weighted by molar-refractivity contribution is 8.78. The Hall–Kier alpha value is -1.33. The third-order valence-corrected chi connectivity index (χ3v) is 5.64. The topological polar surface area (TPSA) is 51.2 Å². The molecule has 0 N–H and O–H groups in total. The Morgan fingerprint density at radius 1 is 1.00 bits per heavy atom. The van der Waals surface area contributed by atoms with E-state index in [2.05, 4.69) is 0 Å². The smallest absolute Gasteiger partial charge is 0.238 e. The molecule has 80 valence electrons. The Balaban J connectivity index is 2.47. The van der Waals surface area contributed by atoms with Gasteiger partial charge in [-0.05, 0) is 22.9 Å². The van der Waals surface area contributed by atoms with E-state index in [-0.39, 0.29) is 10.0 Å². The van der Waals surface area contributed by atoms with Crippen LogP contribution in [0.25, 0.3) is 10.8 Å². The average Bonchev–Trinajstić information content (AvgIpc) is 2.47. The number of rotatable bonds is 0. The molecule has 0 fully saturated rings. The van der Waals surface area contributed by atoms with Crippen LogP contribution in [-0.4, -0.2) is 13.5 Å². The molecule has 2 aromatic carbocycles. The Kier molecular flexibility index (Phi) is 1.90. The summed E-state index contributed by atoms with van der Waals surface area (Å²) in [6.45, 7) is 0. The summed E-state index contributed by atoms with van der Waals surface area (Å²) in [4.78, 5) is 11.6. The lowest BCUT2D eigenvalue weighted by Gasteiger charge is -2.00. The van der Waals surface area contributed by atoms with Gasteiger partial charge in [-0.25, -0.2) is 8.42 Å². The predicted octanol–water partition coefficient (Wildman–Crippen LogP) is 2.42. The zero-order chi connectivity index (χ0) is 11.3. The van der Waals surface area contributed by atoms with Crippen LogP contribution in [0, 0.1) is 0 Å². The average molecular weight is 250 g/mol. The van der Waals surface area contributed by atoms with Gasteiger partial charge in [0.25, 0.3) is 0 Å². The quantitative estimate of drug-likeness (QED) is 0.674. The van der Waals surface area contributed by atoms with E-state index in [9.17, 15) is 13.2 Å². The van der Waals surface area contributed by atoms with Gasteiger partial charge in [0, 0.05) is 5.56 Å². The monoisotopic (exact) mass is 250 g/mol. The molecule has 0 saturated carbocycles. The molecule has 3 nitrogen and oxygen atoms in total. The minimum absolute atomic E-state index is 0.140. The van der Waals surface area contributed by atoms with Crippen LogP contribution in [0.5, 0.6) is 0 Å². The van der Waals surface area contributed by atoms with Crippen molar-refractivity contribution in [1.82, 2.24) is 0 Å². The van der Waals surface area contributed by atoms with Gasteiger partial charge in [0.05, 0.1) is 15.7 Å². The van der Waals surface area contributed by atoms with E-state index in [4.69, 9.17) is 0 Å². The van der Waals surface area contributed by atoms with E-state index in [0.29, 0.717) is 16.4 Å². The first kappa shape index (κ1) is 9.86. The normalized spacial score (nSPS) is 17.6. The first-order chi connectivity index (χ1) is 7.58. The van der Waals surface area contributed by atoms with Crippen molar-refractivity contribution >= 4 is 35.6 Å². The Bertz CT molecular complexity index is 717. The summed E-state index contributed by atoms with van der Waals surface area (Å²) in [5.74, 6) is 0. The number of hydrogen-bond donors (Lipinski definition) is 0. The number of hydrogen-bond acceptors (Lipinski definition) is 4. The molecule has 0 saturated heterocycles. The molecule has 1 aliphatic rings. The first-order valence-electron chi connectivity index (χ1n) is 4.59. The van der Waals surface area contributed by atoms with Crippen molar-refractivity contribution in [1.29, 1.82) is 0 Å². The first-order valence-corrected chi connectivity index (χ1v) is 7.41. The highest BCUT2D eigenvalue weighted by Crippen LogP contribution is 2.39. The largest absolute Gasteiger partial charge is 0.280 e. The molecule has 1 aliphatic heterocycles. The lowest BCUT2D eigenvalue weighted by Crippen LogP contribution is -1.90. The van der Waals surface area contributed by atoms with E-state index < -0.39 is 8.87 Å². The zero-order valence-electron chi connectivity index (χ0n) is 8.01. The summed E-state index contributed by atoms with van der Waals surface area (Å²) < 4.78 is 23.3. The molecule has 0 aromatic heterocycles. The van der Waals surface area contributed by atoms with Crippen molar-refractivity contribution in [2.75, 3.05) is 0 Å². The van der Waals surface area contributed by atoms with Crippen molar-refractivity contribution in [3.8, 4) is 0 Å². The molecule has 0 radical (unpaired) electrons. The summed E-state index contributed by atoms with van der Waals surface area (Å²) in [5.41, 5.74) is 0.295. The Labute approximate surface area is 95.8 Å².